The molecule has 1 heterocycles. The molecule has 6 nitrogen and oxygen atoms in total. The van der Waals surface area contributed by atoms with Crippen LogP contribution >= 0.6 is 15.9 Å². The van der Waals surface area contributed by atoms with E-state index < -0.39 is 5.91 Å². The van der Waals surface area contributed by atoms with E-state index in [1.807, 2.05) is 37.3 Å². The maximum atomic E-state index is 12.7. The lowest BCUT2D eigenvalue weighted by Crippen LogP contribution is -2.57. The second-order valence-corrected chi connectivity index (χ2v) is 6.69. The van der Waals surface area contributed by atoms with Crippen LogP contribution in [0.4, 0.5) is 5.69 Å². The molecule has 1 unspecified atom stereocenters. The molecular weight excluding hydrogens is 386 g/mol. The van der Waals surface area contributed by atoms with Crippen LogP contribution in [0.25, 0.3) is 0 Å². The normalized spacial score (nSPS) is 16.0. The van der Waals surface area contributed by atoms with E-state index in [9.17, 15) is 9.59 Å². The highest BCUT2D eigenvalue weighted by atomic mass is 79.9. The molecule has 0 bridgehead atoms. The van der Waals surface area contributed by atoms with Gasteiger partial charge in [0.05, 0.1) is 5.56 Å². The van der Waals surface area contributed by atoms with Crippen molar-refractivity contribution < 1.29 is 14.3 Å². The van der Waals surface area contributed by atoms with Gasteiger partial charge in [0.25, 0.3) is 11.8 Å². The molecule has 7 heteroatoms. The predicted molar refractivity (Wildman–Crippen MR) is 98.2 cm³/mol. The molecule has 25 heavy (non-hydrogen) atoms. The van der Waals surface area contributed by atoms with Crippen molar-refractivity contribution in [2.45, 2.75) is 20.0 Å². The van der Waals surface area contributed by atoms with E-state index in [1.165, 1.54) is 5.01 Å². The fourth-order valence-corrected chi connectivity index (χ4v) is 2.95. The molecule has 0 fully saturated rings. The number of anilines is 1. The van der Waals surface area contributed by atoms with Gasteiger partial charge in [-0.25, -0.2) is 5.01 Å². The summed E-state index contributed by atoms with van der Waals surface area (Å²) < 4.78 is 6.32. The van der Waals surface area contributed by atoms with Gasteiger partial charge in [0.2, 0.25) is 0 Å². The number of benzene rings is 2. The minimum atomic E-state index is -0.399. The first-order valence-electron chi connectivity index (χ1n) is 7.83. The summed E-state index contributed by atoms with van der Waals surface area (Å²) in [4.78, 5) is 24.9. The summed E-state index contributed by atoms with van der Waals surface area (Å²) in [5, 5.41) is 4.46. The maximum Gasteiger partial charge on any atom is 0.276 e. The van der Waals surface area contributed by atoms with Gasteiger partial charge in [-0.1, -0.05) is 34.1 Å². The van der Waals surface area contributed by atoms with Crippen molar-refractivity contribution in [3.8, 4) is 5.75 Å². The monoisotopic (exact) mass is 403 g/mol. The number of carbonyl (C=O) groups is 2. The third kappa shape index (κ3) is 3.76. The molecule has 0 saturated carbocycles. The lowest BCUT2D eigenvalue weighted by atomic mass is 10.1. The van der Waals surface area contributed by atoms with Gasteiger partial charge in [0, 0.05) is 10.2 Å². The van der Waals surface area contributed by atoms with Crippen molar-refractivity contribution in [3.05, 3.63) is 58.1 Å². The Hall–Kier alpha value is -2.54. The first-order chi connectivity index (χ1) is 12.0. The first-order valence-corrected chi connectivity index (χ1v) is 8.62. The van der Waals surface area contributed by atoms with Crippen LogP contribution in [0.15, 0.2) is 46.9 Å². The lowest BCUT2D eigenvalue weighted by Gasteiger charge is -2.35. The first kappa shape index (κ1) is 17.3. The van der Waals surface area contributed by atoms with E-state index in [4.69, 9.17) is 4.74 Å². The fourth-order valence-electron chi connectivity index (χ4n) is 2.59. The average Bonchev–Trinajstić information content (AvgIpc) is 2.59. The molecule has 1 aliphatic rings. The number of nitrogens with zero attached hydrogens (tertiary/aromatic N) is 1. The molecule has 2 amide bonds. The minimum Gasteiger partial charge on any atom is -0.483 e. The van der Waals surface area contributed by atoms with Crippen LogP contribution in [0, 0.1) is 6.92 Å². The molecule has 1 atom stereocenters. The Balaban J connectivity index is 1.67. The molecule has 130 valence electrons. The Morgan fingerprint density at radius 2 is 2.08 bits per heavy atom. The summed E-state index contributed by atoms with van der Waals surface area (Å²) in [5.41, 5.74) is 4.78. The molecule has 3 rings (SSSR count). The van der Waals surface area contributed by atoms with Crippen LogP contribution < -0.4 is 15.5 Å². The Morgan fingerprint density at radius 3 is 2.84 bits per heavy atom. The maximum absolute atomic E-state index is 12.7. The number of hydrogen-bond donors (Lipinski definition) is 2. The zero-order valence-electron chi connectivity index (χ0n) is 13.9. The van der Waals surface area contributed by atoms with Crippen molar-refractivity contribution >= 4 is 33.4 Å². The van der Waals surface area contributed by atoms with E-state index in [-0.39, 0.29) is 18.7 Å². The van der Waals surface area contributed by atoms with Crippen molar-refractivity contribution in [2.24, 2.45) is 0 Å². The Kier molecular flexibility index (Phi) is 4.94. The largest absolute Gasteiger partial charge is 0.483 e. The number of halogens is 1. The van der Waals surface area contributed by atoms with Gasteiger partial charge >= 0.3 is 0 Å². The van der Waals surface area contributed by atoms with E-state index >= 15 is 0 Å². The van der Waals surface area contributed by atoms with Crippen LogP contribution in [0.3, 0.4) is 0 Å². The minimum absolute atomic E-state index is 0.174. The average molecular weight is 404 g/mol. The summed E-state index contributed by atoms with van der Waals surface area (Å²) in [6, 6.07) is 12.9. The van der Waals surface area contributed by atoms with Gasteiger partial charge in [-0.3, -0.25) is 15.0 Å². The van der Waals surface area contributed by atoms with E-state index in [0.717, 1.165) is 15.7 Å². The third-order valence-electron chi connectivity index (χ3n) is 3.88. The molecule has 1 aliphatic heterocycles. The number of fused-ring (bicyclic) bond motifs is 1. The fraction of sp³-hybridized carbons (Fsp3) is 0.222. The van der Waals surface area contributed by atoms with Crippen molar-refractivity contribution in [2.75, 3.05) is 11.9 Å². The molecule has 0 aliphatic carbocycles. The van der Waals surface area contributed by atoms with Gasteiger partial charge in [0.1, 0.15) is 11.9 Å². The smallest absolute Gasteiger partial charge is 0.276 e. The number of amides is 2. The second kappa shape index (κ2) is 7.14. The molecule has 0 saturated heterocycles. The molecular formula is C18H18BrN3O3. The molecule has 2 aromatic carbocycles. The summed E-state index contributed by atoms with van der Waals surface area (Å²) in [6.07, 6.45) is -0.372. The Bertz CT molecular complexity index is 825. The molecule has 2 aromatic rings. The van der Waals surface area contributed by atoms with Gasteiger partial charge in [-0.15, -0.1) is 0 Å². The lowest BCUT2D eigenvalue weighted by molar-refractivity contribution is -0.127. The zero-order chi connectivity index (χ0) is 18.0. The number of carbonyl (C=O) groups excluding carboxylic acids is 2. The van der Waals surface area contributed by atoms with E-state index in [2.05, 4.69) is 26.7 Å². The number of nitrogens with one attached hydrogen (secondary N) is 2. The third-order valence-corrected chi connectivity index (χ3v) is 4.37. The topological polar surface area (TPSA) is 70.7 Å². The summed E-state index contributed by atoms with van der Waals surface area (Å²) in [7, 11) is 0. The molecule has 0 spiro atoms. The highest BCUT2D eigenvalue weighted by Gasteiger charge is 2.30. The predicted octanol–water partition coefficient (Wildman–Crippen LogP) is 3.08. The standard InChI is InChI=1S/C18H18BrN3O3/c1-11-5-3-4-6-16(11)25-10-17(23)21-22-12(2)20-15-8-7-13(19)9-14(15)18(22)24/h3-9,12,20H,10H2,1-2H3,(H,21,23). The van der Waals surface area contributed by atoms with E-state index in [1.54, 1.807) is 19.1 Å². The van der Waals surface area contributed by atoms with Gasteiger partial charge in [-0.2, -0.15) is 0 Å². The van der Waals surface area contributed by atoms with Crippen LogP contribution in [0.5, 0.6) is 5.75 Å². The number of para-hydroxylation sites is 1. The second-order valence-electron chi connectivity index (χ2n) is 5.77. The van der Waals surface area contributed by atoms with Crippen molar-refractivity contribution in [1.82, 2.24) is 10.4 Å². The quantitative estimate of drug-likeness (QED) is 0.822. The Labute approximate surface area is 154 Å². The van der Waals surface area contributed by atoms with Crippen LogP contribution in [0.1, 0.15) is 22.8 Å². The highest BCUT2D eigenvalue weighted by molar-refractivity contribution is 9.10. The summed E-state index contributed by atoms with van der Waals surface area (Å²) in [6.45, 7) is 3.53. The van der Waals surface area contributed by atoms with Crippen LogP contribution in [-0.2, 0) is 4.79 Å². The number of hydrazine groups is 1. The SMILES string of the molecule is Cc1ccccc1OCC(=O)NN1C(=O)c2cc(Br)ccc2NC1C. The van der Waals surface area contributed by atoms with E-state index in [0.29, 0.717) is 11.3 Å². The number of rotatable bonds is 4. The van der Waals surface area contributed by atoms with Gasteiger partial charge < -0.3 is 10.1 Å². The Morgan fingerprint density at radius 1 is 1.32 bits per heavy atom. The molecule has 0 aromatic heterocycles. The highest BCUT2D eigenvalue weighted by Crippen LogP contribution is 2.27. The van der Waals surface area contributed by atoms with Crippen LogP contribution in [-0.4, -0.2) is 29.6 Å². The summed E-state index contributed by atoms with van der Waals surface area (Å²) >= 11 is 3.36. The van der Waals surface area contributed by atoms with Crippen molar-refractivity contribution in [3.63, 3.8) is 0 Å². The summed E-state index contributed by atoms with van der Waals surface area (Å²) in [5.74, 6) is -0.0291. The number of hydrogen-bond acceptors (Lipinski definition) is 4. The van der Waals surface area contributed by atoms with Gasteiger partial charge in [-0.05, 0) is 43.7 Å². The zero-order valence-corrected chi connectivity index (χ0v) is 15.5. The van der Waals surface area contributed by atoms with Crippen LogP contribution in [0.2, 0.25) is 0 Å². The van der Waals surface area contributed by atoms with Gasteiger partial charge in [0.15, 0.2) is 6.61 Å². The van der Waals surface area contributed by atoms with Crippen molar-refractivity contribution in [1.29, 1.82) is 0 Å². The molecule has 2 N–H and O–H groups in total. The number of ether oxygens (including phenoxy) is 1. The number of aryl methyl sites for hydroxylation is 1. The molecule has 0 radical (unpaired) electrons.